The lowest BCUT2D eigenvalue weighted by Gasteiger charge is -2.58. The van der Waals surface area contributed by atoms with Gasteiger partial charge in [-0.05, 0) is 61.7 Å². The van der Waals surface area contributed by atoms with Crippen molar-refractivity contribution < 1.29 is 19.8 Å². The van der Waals surface area contributed by atoms with E-state index in [1.54, 1.807) is 6.08 Å². The van der Waals surface area contributed by atoms with Gasteiger partial charge in [0.05, 0.1) is 6.10 Å². The van der Waals surface area contributed by atoms with Crippen molar-refractivity contribution in [1.82, 2.24) is 0 Å². The second-order valence-electron chi connectivity index (χ2n) is 9.10. The molecule has 0 saturated heterocycles. The van der Waals surface area contributed by atoms with Crippen molar-refractivity contribution in [2.45, 2.75) is 52.6 Å². The van der Waals surface area contributed by atoms with Gasteiger partial charge in [-0.2, -0.15) is 0 Å². The zero-order chi connectivity index (χ0) is 18.9. The van der Waals surface area contributed by atoms with Crippen LogP contribution in [-0.4, -0.2) is 34.5 Å². The number of Topliss-reactive ketones (excluding diaryl/α,β-unsaturated/α-hetero) is 1. The Morgan fingerprint density at radius 2 is 2.08 bits per heavy atom. The van der Waals surface area contributed by atoms with Crippen molar-refractivity contribution in [1.29, 1.82) is 0 Å². The van der Waals surface area contributed by atoms with Crippen molar-refractivity contribution in [2.75, 3.05) is 6.61 Å². The van der Waals surface area contributed by atoms with Gasteiger partial charge in [0.2, 0.25) is 0 Å². The summed E-state index contributed by atoms with van der Waals surface area (Å²) in [6.45, 7) is 5.65. The number of hydrogen-bond donors (Lipinski definition) is 2. The normalized spacial score (nSPS) is 44.3. The van der Waals surface area contributed by atoms with Gasteiger partial charge in [-0.3, -0.25) is 9.59 Å². The molecule has 0 radical (unpaired) electrons. The first-order valence-electron chi connectivity index (χ1n) is 9.70. The van der Waals surface area contributed by atoms with Crippen LogP contribution in [0.2, 0.25) is 0 Å². The number of allylic oxidation sites excluding steroid dienone is 5. The van der Waals surface area contributed by atoms with E-state index < -0.39 is 12.7 Å². The van der Waals surface area contributed by atoms with Crippen LogP contribution in [0.4, 0.5) is 0 Å². The average molecular weight is 356 g/mol. The molecule has 0 amide bonds. The molecule has 4 heteroatoms. The minimum Gasteiger partial charge on any atom is -0.393 e. The Balaban J connectivity index is 1.74. The first kappa shape index (κ1) is 17.9. The first-order chi connectivity index (χ1) is 12.2. The van der Waals surface area contributed by atoms with Crippen molar-refractivity contribution in [2.24, 2.45) is 28.6 Å². The topological polar surface area (TPSA) is 74.6 Å². The number of rotatable bonds is 2. The predicted molar refractivity (Wildman–Crippen MR) is 98.2 cm³/mol. The Bertz CT molecular complexity index is 773. The zero-order valence-corrected chi connectivity index (χ0v) is 15.8. The molecular weight excluding hydrogens is 328 g/mol. The van der Waals surface area contributed by atoms with E-state index >= 15 is 0 Å². The largest absolute Gasteiger partial charge is 0.393 e. The maximum absolute atomic E-state index is 12.3. The Hall–Kier alpha value is -1.52. The van der Waals surface area contributed by atoms with Crippen LogP contribution in [0, 0.1) is 28.6 Å². The molecule has 6 atom stereocenters. The van der Waals surface area contributed by atoms with Crippen LogP contribution in [0.1, 0.15) is 46.5 Å². The maximum atomic E-state index is 12.3. The second-order valence-corrected chi connectivity index (χ2v) is 9.10. The molecule has 0 aromatic heterocycles. The summed E-state index contributed by atoms with van der Waals surface area (Å²) in [4.78, 5) is 24.4. The summed E-state index contributed by atoms with van der Waals surface area (Å²) < 4.78 is 0. The molecule has 2 fully saturated rings. The molecule has 140 valence electrons. The van der Waals surface area contributed by atoms with Crippen LogP contribution in [0.5, 0.6) is 0 Å². The molecule has 4 nitrogen and oxygen atoms in total. The van der Waals surface area contributed by atoms with Crippen molar-refractivity contribution in [3.8, 4) is 0 Å². The summed E-state index contributed by atoms with van der Waals surface area (Å²) >= 11 is 0. The Morgan fingerprint density at radius 3 is 2.77 bits per heavy atom. The van der Waals surface area contributed by atoms with Crippen LogP contribution in [0.15, 0.2) is 34.9 Å². The van der Waals surface area contributed by atoms with Gasteiger partial charge in [-0.25, -0.2) is 0 Å². The van der Waals surface area contributed by atoms with Gasteiger partial charge < -0.3 is 10.2 Å². The standard InChI is InChI=1S/C22H28O4/c1-12-9-21(2)13(8-17(12)24)4-5-14-15-6-7-16(19(26)11-23)22(15,3)10-18(25)20(14)21/h7-9,14-15,18,20,23,25H,4-6,10-11H2,1-3H3/t14-,15?,18-,20?,21-,22-/m0/s1. The maximum Gasteiger partial charge on any atom is 0.184 e. The van der Waals surface area contributed by atoms with E-state index in [2.05, 4.69) is 19.9 Å². The van der Waals surface area contributed by atoms with Crippen LogP contribution < -0.4 is 0 Å². The summed E-state index contributed by atoms with van der Waals surface area (Å²) in [5, 5.41) is 20.6. The molecule has 4 aliphatic rings. The van der Waals surface area contributed by atoms with E-state index in [0.29, 0.717) is 23.8 Å². The second kappa shape index (κ2) is 5.74. The van der Waals surface area contributed by atoms with Gasteiger partial charge in [0.15, 0.2) is 11.6 Å². The highest BCUT2D eigenvalue weighted by Crippen LogP contribution is 2.64. The van der Waals surface area contributed by atoms with Crippen LogP contribution in [0.3, 0.4) is 0 Å². The molecule has 2 unspecified atom stereocenters. The van der Waals surface area contributed by atoms with Crippen LogP contribution in [0.25, 0.3) is 0 Å². The van der Waals surface area contributed by atoms with E-state index in [0.717, 1.165) is 30.4 Å². The molecule has 0 spiro atoms. The minimum atomic E-state index is -0.528. The lowest BCUT2D eigenvalue weighted by atomic mass is 9.46. The number of hydrogen-bond acceptors (Lipinski definition) is 4. The highest BCUT2D eigenvalue weighted by molar-refractivity contribution is 6.05. The van der Waals surface area contributed by atoms with Crippen molar-refractivity contribution in [3.05, 3.63) is 34.9 Å². The Labute approximate surface area is 154 Å². The number of aliphatic hydroxyl groups excluding tert-OH is 2. The highest BCUT2D eigenvalue weighted by Gasteiger charge is 2.60. The summed E-state index contributed by atoms with van der Waals surface area (Å²) in [6, 6.07) is 0. The Kier molecular flexibility index (Phi) is 3.94. The van der Waals surface area contributed by atoms with E-state index in [-0.39, 0.29) is 28.3 Å². The molecule has 0 aliphatic heterocycles. The van der Waals surface area contributed by atoms with E-state index in [9.17, 15) is 19.8 Å². The molecule has 4 aliphatic carbocycles. The SMILES string of the molecule is CC1=C[C@@]2(C)C(=CC1=O)CC[C@@H]1C2[C@@H](O)C[C@]2(C)C(C(=O)CO)=CCC12. The smallest absolute Gasteiger partial charge is 0.184 e. The molecule has 2 saturated carbocycles. The van der Waals surface area contributed by atoms with E-state index in [1.165, 1.54) is 0 Å². The predicted octanol–water partition coefficient (Wildman–Crippen LogP) is 2.75. The van der Waals surface area contributed by atoms with Gasteiger partial charge in [-0.1, -0.05) is 31.6 Å². The van der Waals surface area contributed by atoms with Gasteiger partial charge in [0.1, 0.15) is 6.61 Å². The lowest BCUT2D eigenvalue weighted by molar-refractivity contribution is -0.124. The van der Waals surface area contributed by atoms with Gasteiger partial charge >= 0.3 is 0 Å². The third-order valence-electron chi connectivity index (χ3n) is 7.82. The molecule has 0 aromatic rings. The number of carbonyl (C=O) groups excluding carboxylic acids is 2. The van der Waals surface area contributed by atoms with Gasteiger partial charge in [0, 0.05) is 16.7 Å². The third kappa shape index (κ3) is 2.21. The monoisotopic (exact) mass is 356 g/mol. The lowest BCUT2D eigenvalue weighted by Crippen LogP contribution is -2.56. The first-order valence-corrected chi connectivity index (χ1v) is 9.70. The molecule has 4 rings (SSSR count). The van der Waals surface area contributed by atoms with E-state index in [4.69, 9.17) is 0 Å². The number of fused-ring (bicyclic) bond motifs is 5. The molecule has 0 bridgehead atoms. The van der Waals surface area contributed by atoms with Gasteiger partial charge in [-0.15, -0.1) is 0 Å². The summed E-state index contributed by atoms with van der Waals surface area (Å²) in [7, 11) is 0. The molecular formula is C22H28O4. The fourth-order valence-electron chi connectivity index (χ4n) is 6.70. The minimum absolute atomic E-state index is 0.0700. The number of aliphatic hydroxyl groups is 2. The molecule has 2 N–H and O–H groups in total. The Morgan fingerprint density at radius 1 is 1.35 bits per heavy atom. The van der Waals surface area contributed by atoms with Crippen LogP contribution >= 0.6 is 0 Å². The fraction of sp³-hybridized carbons (Fsp3) is 0.636. The summed E-state index contributed by atoms with van der Waals surface area (Å²) in [5.41, 5.74) is 1.97. The van der Waals surface area contributed by atoms with Crippen molar-refractivity contribution >= 4 is 11.6 Å². The quantitative estimate of drug-likeness (QED) is 0.798. The fourth-order valence-corrected chi connectivity index (χ4v) is 6.70. The summed E-state index contributed by atoms with van der Waals surface area (Å²) in [6.07, 6.45) is 8.53. The average Bonchev–Trinajstić information content (AvgIpc) is 2.91. The van der Waals surface area contributed by atoms with Crippen molar-refractivity contribution in [3.63, 3.8) is 0 Å². The molecule has 26 heavy (non-hydrogen) atoms. The van der Waals surface area contributed by atoms with Gasteiger partial charge in [0.25, 0.3) is 0 Å². The highest BCUT2D eigenvalue weighted by atomic mass is 16.3. The zero-order valence-electron chi connectivity index (χ0n) is 15.8. The van der Waals surface area contributed by atoms with Crippen LogP contribution in [-0.2, 0) is 9.59 Å². The third-order valence-corrected chi connectivity index (χ3v) is 7.82. The number of carbonyl (C=O) groups is 2. The summed E-state index contributed by atoms with van der Waals surface area (Å²) in [5.74, 6) is 0.571. The molecule has 0 aromatic carbocycles. The molecule has 0 heterocycles. The number of ketones is 2. The van der Waals surface area contributed by atoms with E-state index in [1.807, 2.05) is 13.0 Å².